The molecule has 6 nitrogen and oxygen atoms in total. The number of fused-ring (bicyclic) bond motifs is 1. The molecule has 0 bridgehead atoms. The number of nitrogens with one attached hydrogen (secondary N) is 1. The summed E-state index contributed by atoms with van der Waals surface area (Å²) in [6.45, 7) is 0.206. The molecule has 4 aromatic rings. The second-order valence-corrected chi connectivity index (χ2v) is 7.76. The fourth-order valence-electron chi connectivity index (χ4n) is 3.37. The molecule has 34 heavy (non-hydrogen) atoms. The summed E-state index contributed by atoms with van der Waals surface area (Å²) in [7, 11) is 1.58. The molecule has 0 saturated heterocycles. The van der Waals surface area contributed by atoms with Gasteiger partial charge in [-0.3, -0.25) is 4.79 Å². The summed E-state index contributed by atoms with van der Waals surface area (Å²) in [5.41, 5.74) is 4.25. The van der Waals surface area contributed by atoms with Crippen molar-refractivity contribution in [2.24, 2.45) is 5.10 Å². The Balaban J connectivity index is 1.34. The van der Waals surface area contributed by atoms with Crippen molar-refractivity contribution in [3.8, 4) is 17.2 Å². The van der Waals surface area contributed by atoms with Crippen LogP contribution in [0.1, 0.15) is 11.1 Å². The summed E-state index contributed by atoms with van der Waals surface area (Å²) in [5, 5.41) is 6.74. The topological polar surface area (TPSA) is 69.2 Å². The third-order valence-electron chi connectivity index (χ3n) is 5.05. The lowest BCUT2D eigenvalue weighted by molar-refractivity contribution is -0.123. The lowest BCUT2D eigenvalue weighted by Crippen LogP contribution is -2.24. The first-order valence-corrected chi connectivity index (χ1v) is 11.0. The third-order valence-corrected chi connectivity index (χ3v) is 5.36. The first-order chi connectivity index (χ1) is 16.6. The minimum Gasteiger partial charge on any atom is -0.493 e. The Bertz CT molecular complexity index is 1320. The van der Waals surface area contributed by atoms with Gasteiger partial charge in [-0.15, -0.1) is 0 Å². The normalized spacial score (nSPS) is 10.9. The number of carbonyl (C=O) groups is 1. The van der Waals surface area contributed by atoms with Crippen molar-refractivity contribution in [3.05, 3.63) is 101 Å². The molecule has 0 atom stereocenters. The van der Waals surface area contributed by atoms with Gasteiger partial charge in [-0.2, -0.15) is 5.10 Å². The van der Waals surface area contributed by atoms with E-state index in [-0.39, 0.29) is 6.61 Å². The van der Waals surface area contributed by atoms with Crippen molar-refractivity contribution < 1.29 is 19.0 Å². The second kappa shape index (κ2) is 11.2. The van der Waals surface area contributed by atoms with E-state index >= 15 is 0 Å². The van der Waals surface area contributed by atoms with E-state index in [1.54, 1.807) is 37.4 Å². The van der Waals surface area contributed by atoms with Gasteiger partial charge >= 0.3 is 0 Å². The van der Waals surface area contributed by atoms with Crippen LogP contribution in [0.4, 0.5) is 0 Å². The predicted molar refractivity (Wildman–Crippen MR) is 134 cm³/mol. The summed E-state index contributed by atoms with van der Waals surface area (Å²) in [5.74, 6) is 1.22. The number of para-hydroxylation sites is 1. The van der Waals surface area contributed by atoms with E-state index < -0.39 is 5.91 Å². The molecule has 0 heterocycles. The number of halogens is 1. The van der Waals surface area contributed by atoms with Crippen LogP contribution in [0.15, 0.2) is 90.0 Å². The predicted octanol–water partition coefficient (Wildman–Crippen LogP) is 5.61. The summed E-state index contributed by atoms with van der Waals surface area (Å²) in [6, 6.07) is 26.7. The second-order valence-electron chi connectivity index (χ2n) is 7.35. The van der Waals surface area contributed by atoms with Gasteiger partial charge in [-0.25, -0.2) is 5.43 Å². The average Bonchev–Trinajstić information content (AvgIpc) is 2.87. The van der Waals surface area contributed by atoms with Crippen LogP contribution in [-0.4, -0.2) is 25.8 Å². The number of rotatable bonds is 9. The van der Waals surface area contributed by atoms with Gasteiger partial charge < -0.3 is 14.2 Å². The zero-order valence-corrected chi connectivity index (χ0v) is 19.3. The molecule has 1 amide bonds. The molecule has 4 rings (SSSR count). The highest BCUT2D eigenvalue weighted by Crippen LogP contribution is 2.29. The van der Waals surface area contributed by atoms with Crippen LogP contribution >= 0.6 is 11.6 Å². The highest BCUT2D eigenvalue weighted by atomic mass is 35.5. The monoisotopic (exact) mass is 474 g/mol. The first kappa shape index (κ1) is 23.1. The van der Waals surface area contributed by atoms with Crippen LogP contribution in [0.5, 0.6) is 17.2 Å². The number of amides is 1. The van der Waals surface area contributed by atoms with Crippen LogP contribution in [-0.2, 0) is 11.4 Å². The van der Waals surface area contributed by atoms with Crippen molar-refractivity contribution in [1.29, 1.82) is 0 Å². The molecule has 172 valence electrons. The molecule has 0 radical (unpaired) electrons. The first-order valence-electron chi connectivity index (χ1n) is 10.6. The number of carbonyl (C=O) groups excluding carboxylic acids is 1. The van der Waals surface area contributed by atoms with E-state index in [2.05, 4.69) is 28.7 Å². The van der Waals surface area contributed by atoms with E-state index in [9.17, 15) is 4.79 Å². The number of hydrogen-bond donors (Lipinski definition) is 1. The standard InChI is InChI=1S/C27H23ClN2O4/c1-32-26-15-19(16-29-30-27(31)18-34-24-12-5-4-11-23(24)28)13-14-25(26)33-17-21-9-6-8-20-7-2-3-10-22(20)21/h2-16H,17-18H2,1H3,(H,30,31)/b29-16-. The van der Waals surface area contributed by atoms with Gasteiger partial charge in [0.05, 0.1) is 18.3 Å². The van der Waals surface area contributed by atoms with Gasteiger partial charge in [0, 0.05) is 0 Å². The Morgan fingerprint density at radius 1 is 0.912 bits per heavy atom. The van der Waals surface area contributed by atoms with Gasteiger partial charge in [0.2, 0.25) is 0 Å². The van der Waals surface area contributed by atoms with Crippen molar-refractivity contribution >= 4 is 34.5 Å². The Morgan fingerprint density at radius 3 is 2.56 bits per heavy atom. The Morgan fingerprint density at radius 2 is 1.71 bits per heavy atom. The molecule has 0 fully saturated rings. The number of hydrazone groups is 1. The minimum absolute atomic E-state index is 0.203. The van der Waals surface area contributed by atoms with Gasteiger partial charge in [0.1, 0.15) is 12.4 Å². The highest BCUT2D eigenvalue weighted by molar-refractivity contribution is 6.32. The lowest BCUT2D eigenvalue weighted by atomic mass is 10.1. The van der Waals surface area contributed by atoms with Crippen molar-refractivity contribution in [3.63, 3.8) is 0 Å². The van der Waals surface area contributed by atoms with Gasteiger partial charge in [0.15, 0.2) is 18.1 Å². The van der Waals surface area contributed by atoms with Gasteiger partial charge in [0.25, 0.3) is 5.91 Å². The van der Waals surface area contributed by atoms with Crippen molar-refractivity contribution in [2.45, 2.75) is 6.61 Å². The van der Waals surface area contributed by atoms with Crippen molar-refractivity contribution in [2.75, 3.05) is 13.7 Å². The fraction of sp³-hybridized carbons (Fsp3) is 0.111. The van der Waals surface area contributed by atoms with E-state index in [1.165, 1.54) is 11.6 Å². The van der Waals surface area contributed by atoms with E-state index in [4.69, 9.17) is 25.8 Å². The van der Waals surface area contributed by atoms with Gasteiger partial charge in [-0.05, 0) is 52.2 Å². The molecular formula is C27H23ClN2O4. The van der Waals surface area contributed by atoms with Crippen LogP contribution in [0.2, 0.25) is 5.02 Å². The number of nitrogens with zero attached hydrogens (tertiary/aromatic N) is 1. The van der Waals surface area contributed by atoms with Crippen molar-refractivity contribution in [1.82, 2.24) is 5.43 Å². The van der Waals surface area contributed by atoms with E-state index in [1.807, 2.05) is 36.4 Å². The summed E-state index contributed by atoms with van der Waals surface area (Å²) in [6.07, 6.45) is 1.52. The molecule has 0 aromatic heterocycles. The quantitative estimate of drug-likeness (QED) is 0.253. The number of benzene rings is 4. The summed E-state index contributed by atoms with van der Waals surface area (Å²) < 4.78 is 16.9. The maximum atomic E-state index is 12.0. The molecule has 4 aromatic carbocycles. The Hall–Kier alpha value is -4.03. The molecule has 0 aliphatic rings. The highest BCUT2D eigenvalue weighted by Gasteiger charge is 2.08. The zero-order valence-electron chi connectivity index (χ0n) is 18.5. The molecule has 0 aliphatic heterocycles. The van der Waals surface area contributed by atoms with E-state index in [0.29, 0.717) is 28.9 Å². The maximum Gasteiger partial charge on any atom is 0.277 e. The molecule has 7 heteroatoms. The number of hydrogen-bond acceptors (Lipinski definition) is 5. The minimum atomic E-state index is -0.404. The maximum absolute atomic E-state index is 12.0. The SMILES string of the molecule is COc1cc(/C=N\NC(=O)COc2ccccc2Cl)ccc1OCc1cccc2ccccc12. The molecule has 0 unspecified atom stereocenters. The largest absolute Gasteiger partial charge is 0.493 e. The van der Waals surface area contributed by atoms with Crippen LogP contribution in [0.25, 0.3) is 10.8 Å². The average molecular weight is 475 g/mol. The zero-order chi connectivity index (χ0) is 23.8. The van der Waals surface area contributed by atoms with Gasteiger partial charge in [-0.1, -0.05) is 66.2 Å². The fourth-order valence-corrected chi connectivity index (χ4v) is 3.56. The Kier molecular flexibility index (Phi) is 7.63. The van der Waals surface area contributed by atoms with Crippen LogP contribution < -0.4 is 19.6 Å². The van der Waals surface area contributed by atoms with Crippen LogP contribution in [0, 0.1) is 0 Å². The van der Waals surface area contributed by atoms with Crippen LogP contribution in [0.3, 0.4) is 0 Å². The lowest BCUT2D eigenvalue weighted by Gasteiger charge is -2.12. The van der Waals surface area contributed by atoms with E-state index in [0.717, 1.165) is 16.5 Å². The number of methoxy groups -OCH3 is 1. The third kappa shape index (κ3) is 5.85. The molecule has 0 aliphatic carbocycles. The Labute approximate surface area is 202 Å². The molecule has 0 saturated carbocycles. The smallest absolute Gasteiger partial charge is 0.277 e. The number of ether oxygens (including phenoxy) is 3. The molecule has 1 N–H and O–H groups in total. The summed E-state index contributed by atoms with van der Waals surface area (Å²) in [4.78, 5) is 12.0. The molecule has 0 spiro atoms. The summed E-state index contributed by atoms with van der Waals surface area (Å²) >= 11 is 6.01. The molecular weight excluding hydrogens is 452 g/mol.